The number of morpholine rings is 1. The molecule has 11 nitrogen and oxygen atoms in total. The highest BCUT2D eigenvalue weighted by Crippen LogP contribution is 2.36. The first-order valence-electron chi connectivity index (χ1n) is 11.8. The van der Waals surface area contributed by atoms with Crippen molar-refractivity contribution < 1.29 is 31.1 Å². The first-order valence-corrected chi connectivity index (χ1v) is 13.7. The lowest BCUT2D eigenvalue weighted by Crippen LogP contribution is -2.36. The number of hydrogen-bond acceptors (Lipinski definition) is 10. The minimum Gasteiger partial charge on any atom is -0.494 e. The Bertz CT molecular complexity index is 1420. The lowest BCUT2D eigenvalue weighted by atomic mass is 10.2. The molecule has 0 spiro atoms. The second kappa shape index (κ2) is 11.5. The van der Waals surface area contributed by atoms with E-state index in [1.54, 1.807) is 18.2 Å². The molecule has 0 radical (unpaired) electrons. The van der Waals surface area contributed by atoms with Crippen LogP contribution in [0.1, 0.15) is 11.1 Å². The van der Waals surface area contributed by atoms with Gasteiger partial charge in [0.05, 0.1) is 32.3 Å². The molecule has 2 N–H and O–H groups in total. The quantitative estimate of drug-likeness (QED) is 0.397. The summed E-state index contributed by atoms with van der Waals surface area (Å²) in [5.41, 5.74) is 0.656. The first-order chi connectivity index (χ1) is 18.5. The molecule has 0 saturated carbocycles. The lowest BCUT2D eigenvalue weighted by molar-refractivity contribution is -0.137. The number of methoxy groups -OCH3 is 1. The third-order valence-corrected chi connectivity index (χ3v) is 7.18. The van der Waals surface area contributed by atoms with Crippen molar-refractivity contribution in [3.63, 3.8) is 0 Å². The summed E-state index contributed by atoms with van der Waals surface area (Å²) in [6.07, 6.45) is -1.66. The van der Waals surface area contributed by atoms with Crippen LogP contribution in [0.3, 0.4) is 0 Å². The summed E-state index contributed by atoms with van der Waals surface area (Å²) in [6, 6.07) is 8.54. The van der Waals surface area contributed by atoms with Gasteiger partial charge in [-0.15, -0.1) is 0 Å². The van der Waals surface area contributed by atoms with Crippen LogP contribution in [0.15, 0.2) is 42.7 Å². The maximum atomic E-state index is 13.8. The number of anilines is 5. The van der Waals surface area contributed by atoms with E-state index in [9.17, 15) is 21.6 Å². The van der Waals surface area contributed by atoms with Crippen LogP contribution >= 0.6 is 0 Å². The molecule has 0 bridgehead atoms. The van der Waals surface area contributed by atoms with Gasteiger partial charge >= 0.3 is 6.18 Å². The van der Waals surface area contributed by atoms with Crippen LogP contribution in [0.2, 0.25) is 0 Å². The van der Waals surface area contributed by atoms with Crippen molar-refractivity contribution in [2.75, 3.05) is 66.6 Å². The van der Waals surface area contributed by atoms with E-state index in [4.69, 9.17) is 9.47 Å². The smallest absolute Gasteiger partial charge is 0.421 e. The van der Waals surface area contributed by atoms with E-state index in [2.05, 4.69) is 30.5 Å². The number of ether oxygens (including phenoxy) is 2. The molecule has 0 aliphatic carbocycles. The fraction of sp³-hybridized carbons (Fsp3) is 0.375. The Kier molecular flexibility index (Phi) is 8.30. The van der Waals surface area contributed by atoms with E-state index in [0.717, 1.165) is 29.3 Å². The summed E-state index contributed by atoms with van der Waals surface area (Å²) in [7, 11) is -0.843. The van der Waals surface area contributed by atoms with Gasteiger partial charge < -0.3 is 25.0 Å². The topological polar surface area (TPSA) is 122 Å². The van der Waals surface area contributed by atoms with Crippen LogP contribution < -0.4 is 24.6 Å². The average molecular weight is 568 g/mol. The Balaban J connectivity index is 1.60. The number of aromatic nitrogens is 3. The summed E-state index contributed by atoms with van der Waals surface area (Å²) in [5, 5.41) is 5.59. The van der Waals surface area contributed by atoms with Gasteiger partial charge in [-0.25, -0.2) is 18.4 Å². The molecule has 15 heteroatoms. The summed E-state index contributed by atoms with van der Waals surface area (Å²) >= 11 is 0. The summed E-state index contributed by atoms with van der Waals surface area (Å²) in [5.74, 6) is -0.0392. The number of alkyl halides is 3. The fourth-order valence-corrected chi connectivity index (χ4v) is 4.37. The normalized spacial score (nSPS) is 14.2. The van der Waals surface area contributed by atoms with Crippen LogP contribution in [0.25, 0.3) is 0 Å². The number of sulfonamides is 1. The van der Waals surface area contributed by atoms with Crippen molar-refractivity contribution in [1.29, 1.82) is 0 Å². The van der Waals surface area contributed by atoms with Crippen molar-refractivity contribution in [2.45, 2.75) is 12.7 Å². The summed E-state index contributed by atoms with van der Waals surface area (Å²) in [6.45, 7) is 2.50. The van der Waals surface area contributed by atoms with Gasteiger partial charge in [0.25, 0.3) is 0 Å². The number of benzene rings is 1. The fourth-order valence-electron chi connectivity index (χ4n) is 3.89. The minimum atomic E-state index is -4.74. The van der Waals surface area contributed by atoms with Gasteiger partial charge in [0, 0.05) is 56.4 Å². The molecule has 1 aromatic carbocycles. The molecular formula is C24H28F3N7O4S. The molecule has 3 aromatic rings. The average Bonchev–Trinajstić information content (AvgIpc) is 2.91. The van der Waals surface area contributed by atoms with Gasteiger partial charge in [-0.2, -0.15) is 18.2 Å². The number of pyridine rings is 1. The molecule has 0 atom stereocenters. The zero-order valence-corrected chi connectivity index (χ0v) is 22.3. The van der Waals surface area contributed by atoms with Crippen LogP contribution in [-0.2, 0) is 27.5 Å². The second-order valence-electron chi connectivity index (χ2n) is 8.63. The van der Waals surface area contributed by atoms with E-state index in [-0.39, 0.29) is 18.3 Å². The Morgan fingerprint density at radius 2 is 1.92 bits per heavy atom. The van der Waals surface area contributed by atoms with Crippen molar-refractivity contribution >= 4 is 39.0 Å². The number of nitrogens with zero attached hydrogens (tertiary/aromatic N) is 5. The summed E-state index contributed by atoms with van der Waals surface area (Å²) < 4.78 is 77.1. The molecule has 1 fully saturated rings. The molecule has 1 saturated heterocycles. The van der Waals surface area contributed by atoms with Crippen LogP contribution in [0.5, 0.6) is 5.75 Å². The second-order valence-corrected chi connectivity index (χ2v) is 10.6. The number of halogens is 3. The van der Waals surface area contributed by atoms with Crippen molar-refractivity contribution in [3.8, 4) is 5.75 Å². The molecule has 2 aromatic heterocycles. The highest BCUT2D eigenvalue weighted by Gasteiger charge is 2.35. The van der Waals surface area contributed by atoms with Crippen molar-refractivity contribution in [2.24, 2.45) is 0 Å². The third kappa shape index (κ3) is 6.78. The SMILES string of the molecule is COc1cc(N2CCOCC2)ccc1Nc1ncc(C(F)(F)F)c(NCc2cccnc2N(C)S(C)(=O)=O)n1. The zero-order chi connectivity index (χ0) is 28.2. The largest absolute Gasteiger partial charge is 0.494 e. The van der Waals surface area contributed by atoms with Gasteiger partial charge in [-0.05, 0) is 18.2 Å². The Morgan fingerprint density at radius 3 is 2.59 bits per heavy atom. The standard InChI is InChI=1S/C24H28F3N7O4S/c1-33(39(3,35)36)22-16(5-4-8-28-22)14-29-21-18(24(25,26)27)15-30-23(32-21)31-19-7-6-17(13-20(19)37-2)34-9-11-38-12-10-34/h4-8,13,15H,9-12,14H2,1-3H3,(H2,29,30,31,32). The molecule has 39 heavy (non-hydrogen) atoms. The first kappa shape index (κ1) is 28.2. The molecule has 4 rings (SSSR count). The molecule has 210 valence electrons. The number of rotatable bonds is 9. The number of hydrogen-bond donors (Lipinski definition) is 2. The highest BCUT2D eigenvalue weighted by atomic mass is 32.2. The van der Waals surface area contributed by atoms with Crippen molar-refractivity contribution in [1.82, 2.24) is 15.0 Å². The van der Waals surface area contributed by atoms with Crippen LogP contribution in [-0.4, -0.2) is 70.1 Å². The molecule has 0 unspecified atom stereocenters. The molecular weight excluding hydrogens is 539 g/mol. The number of nitrogens with one attached hydrogen (secondary N) is 2. The maximum absolute atomic E-state index is 13.8. The Labute approximate surface area is 224 Å². The van der Waals surface area contributed by atoms with E-state index in [1.807, 2.05) is 12.1 Å². The Morgan fingerprint density at radius 1 is 1.18 bits per heavy atom. The highest BCUT2D eigenvalue weighted by molar-refractivity contribution is 7.92. The van der Waals surface area contributed by atoms with Crippen LogP contribution in [0.4, 0.5) is 42.1 Å². The molecule has 3 heterocycles. The zero-order valence-electron chi connectivity index (χ0n) is 21.5. The van der Waals surface area contributed by atoms with E-state index >= 15 is 0 Å². The van der Waals surface area contributed by atoms with Crippen molar-refractivity contribution in [3.05, 3.63) is 53.9 Å². The van der Waals surface area contributed by atoms with E-state index in [1.165, 1.54) is 20.4 Å². The molecule has 0 amide bonds. The Hall–Kier alpha value is -3.85. The van der Waals surface area contributed by atoms with Gasteiger partial charge in [0.2, 0.25) is 16.0 Å². The predicted octanol–water partition coefficient (Wildman–Crippen LogP) is 3.49. The van der Waals surface area contributed by atoms with E-state index in [0.29, 0.717) is 36.4 Å². The predicted molar refractivity (Wildman–Crippen MR) is 141 cm³/mol. The maximum Gasteiger partial charge on any atom is 0.421 e. The monoisotopic (exact) mass is 567 g/mol. The lowest BCUT2D eigenvalue weighted by Gasteiger charge is -2.29. The molecule has 1 aliphatic rings. The van der Waals surface area contributed by atoms with E-state index < -0.39 is 27.6 Å². The van der Waals surface area contributed by atoms with Gasteiger partial charge in [-0.1, -0.05) is 6.07 Å². The van der Waals surface area contributed by atoms with Gasteiger partial charge in [-0.3, -0.25) is 4.31 Å². The summed E-state index contributed by atoms with van der Waals surface area (Å²) in [4.78, 5) is 14.1. The third-order valence-electron chi connectivity index (χ3n) is 6.01. The minimum absolute atomic E-state index is 0.0820. The van der Waals surface area contributed by atoms with Crippen LogP contribution in [0, 0.1) is 0 Å². The van der Waals surface area contributed by atoms with Gasteiger partial charge in [0.15, 0.2) is 0 Å². The van der Waals surface area contributed by atoms with Gasteiger partial charge in [0.1, 0.15) is 22.9 Å². The molecule has 1 aliphatic heterocycles.